The highest BCUT2D eigenvalue weighted by molar-refractivity contribution is 7.99. The molecule has 0 unspecified atom stereocenters. The van der Waals surface area contributed by atoms with Gasteiger partial charge in [0.1, 0.15) is 0 Å². The van der Waals surface area contributed by atoms with Crippen LogP contribution in [0.2, 0.25) is 0 Å². The lowest BCUT2D eigenvalue weighted by Crippen LogP contribution is -2.17. The van der Waals surface area contributed by atoms with Crippen molar-refractivity contribution < 1.29 is 4.79 Å². The van der Waals surface area contributed by atoms with Gasteiger partial charge in [0.2, 0.25) is 5.91 Å². The number of nitrogens with zero attached hydrogens (tertiary/aromatic N) is 2. The summed E-state index contributed by atoms with van der Waals surface area (Å²) in [4.78, 5) is 23.5. The molecular weight excluding hydrogens is 288 g/mol. The molecule has 0 atom stereocenters. The Morgan fingerprint density at radius 1 is 1.43 bits per heavy atom. The molecule has 1 saturated carbocycles. The maximum Gasteiger partial charge on any atom is 0.344 e. The first kappa shape index (κ1) is 13.9. The first-order chi connectivity index (χ1) is 10.1. The Morgan fingerprint density at radius 2 is 2.14 bits per heavy atom. The quantitative estimate of drug-likeness (QED) is 0.827. The van der Waals surface area contributed by atoms with E-state index in [2.05, 4.69) is 15.5 Å². The van der Waals surface area contributed by atoms with Crippen molar-refractivity contribution in [2.45, 2.75) is 31.0 Å². The van der Waals surface area contributed by atoms with Gasteiger partial charge in [-0.3, -0.25) is 9.36 Å². The summed E-state index contributed by atoms with van der Waals surface area (Å²) in [5.41, 5.74) is 1.72. The molecule has 1 heterocycles. The van der Waals surface area contributed by atoms with Gasteiger partial charge in [0.15, 0.2) is 5.16 Å². The smallest absolute Gasteiger partial charge is 0.325 e. The molecule has 2 N–H and O–H groups in total. The molecule has 1 aromatic carbocycles. The number of aryl methyl sites for hydroxylation is 1. The molecule has 2 aromatic rings. The van der Waals surface area contributed by atoms with Crippen molar-refractivity contribution in [2.75, 3.05) is 11.1 Å². The number of H-pyrrole nitrogens is 1. The highest BCUT2D eigenvalue weighted by Gasteiger charge is 2.28. The fraction of sp³-hybridized carbons (Fsp3) is 0.357. The van der Waals surface area contributed by atoms with Crippen LogP contribution in [-0.2, 0) is 4.79 Å². The lowest BCUT2D eigenvalue weighted by molar-refractivity contribution is -0.113. The summed E-state index contributed by atoms with van der Waals surface area (Å²) in [7, 11) is 0. The summed E-state index contributed by atoms with van der Waals surface area (Å²) in [6.45, 7) is 2.00. The second-order valence-electron chi connectivity index (χ2n) is 5.12. The predicted octanol–water partition coefficient (Wildman–Crippen LogP) is 1.95. The molecule has 0 bridgehead atoms. The molecule has 110 valence electrons. The highest BCUT2D eigenvalue weighted by Crippen LogP contribution is 2.35. The van der Waals surface area contributed by atoms with Gasteiger partial charge in [0, 0.05) is 11.7 Å². The number of benzene rings is 1. The van der Waals surface area contributed by atoms with Crippen molar-refractivity contribution in [3.05, 3.63) is 40.3 Å². The Kier molecular flexibility index (Phi) is 3.83. The molecule has 0 aliphatic heterocycles. The minimum Gasteiger partial charge on any atom is -0.325 e. The minimum absolute atomic E-state index is 0.110. The van der Waals surface area contributed by atoms with Gasteiger partial charge in [-0.25, -0.2) is 9.89 Å². The van der Waals surface area contributed by atoms with Gasteiger partial charge >= 0.3 is 5.69 Å². The van der Waals surface area contributed by atoms with Crippen LogP contribution in [0.25, 0.3) is 0 Å². The number of thioether (sulfide) groups is 1. The summed E-state index contributed by atoms with van der Waals surface area (Å²) in [5, 5.41) is 9.83. The summed E-state index contributed by atoms with van der Waals surface area (Å²) in [6.07, 6.45) is 2.01. The zero-order chi connectivity index (χ0) is 14.8. The zero-order valence-corrected chi connectivity index (χ0v) is 12.4. The van der Waals surface area contributed by atoms with Gasteiger partial charge in [-0.2, -0.15) is 0 Å². The first-order valence-electron chi connectivity index (χ1n) is 6.80. The monoisotopic (exact) mass is 304 g/mol. The number of rotatable bonds is 5. The molecule has 6 nitrogen and oxygen atoms in total. The van der Waals surface area contributed by atoms with E-state index in [1.54, 1.807) is 4.57 Å². The number of aromatic amines is 1. The third kappa shape index (κ3) is 3.36. The third-order valence-electron chi connectivity index (χ3n) is 3.25. The minimum atomic E-state index is -0.195. The van der Waals surface area contributed by atoms with Crippen LogP contribution < -0.4 is 11.0 Å². The largest absolute Gasteiger partial charge is 0.344 e. The number of carbonyl (C=O) groups is 1. The fourth-order valence-electron chi connectivity index (χ4n) is 2.01. The highest BCUT2D eigenvalue weighted by atomic mass is 32.2. The van der Waals surface area contributed by atoms with Crippen LogP contribution in [0.1, 0.15) is 24.4 Å². The predicted molar refractivity (Wildman–Crippen MR) is 81.7 cm³/mol. The van der Waals surface area contributed by atoms with Gasteiger partial charge in [-0.15, -0.1) is 5.10 Å². The van der Waals surface area contributed by atoms with Crippen LogP contribution in [0.5, 0.6) is 0 Å². The zero-order valence-electron chi connectivity index (χ0n) is 11.6. The molecule has 3 rings (SSSR count). The average molecular weight is 304 g/mol. The maximum atomic E-state index is 11.9. The Balaban J connectivity index is 1.58. The van der Waals surface area contributed by atoms with Crippen LogP contribution in [0, 0.1) is 6.92 Å². The van der Waals surface area contributed by atoms with E-state index in [-0.39, 0.29) is 23.4 Å². The number of hydrogen-bond donors (Lipinski definition) is 2. The molecule has 1 aliphatic carbocycles. The molecule has 21 heavy (non-hydrogen) atoms. The van der Waals surface area contributed by atoms with E-state index in [9.17, 15) is 9.59 Å². The summed E-state index contributed by atoms with van der Waals surface area (Å²) in [6, 6.07) is 7.88. The molecule has 1 aromatic heterocycles. The van der Waals surface area contributed by atoms with E-state index >= 15 is 0 Å². The lowest BCUT2D eigenvalue weighted by Gasteiger charge is -2.06. The fourth-order valence-corrected chi connectivity index (χ4v) is 2.82. The number of carbonyl (C=O) groups excluding carboxylic acids is 1. The number of amides is 1. The van der Waals surface area contributed by atoms with Crippen LogP contribution in [-0.4, -0.2) is 26.4 Å². The van der Waals surface area contributed by atoms with Crippen molar-refractivity contribution in [1.82, 2.24) is 14.8 Å². The molecule has 1 fully saturated rings. The summed E-state index contributed by atoms with van der Waals surface area (Å²) in [5.74, 6) is 0.117. The van der Waals surface area contributed by atoms with Gasteiger partial charge in [-0.05, 0) is 31.9 Å². The van der Waals surface area contributed by atoms with Crippen molar-refractivity contribution in [2.24, 2.45) is 0 Å². The normalized spacial score (nSPS) is 14.1. The molecule has 0 spiro atoms. The molecule has 7 heteroatoms. The van der Waals surface area contributed by atoms with E-state index in [0.29, 0.717) is 5.16 Å². The van der Waals surface area contributed by atoms with Crippen molar-refractivity contribution in [1.29, 1.82) is 0 Å². The van der Waals surface area contributed by atoms with Crippen LogP contribution in [0.4, 0.5) is 5.69 Å². The molecule has 1 aliphatic rings. The first-order valence-corrected chi connectivity index (χ1v) is 7.78. The van der Waals surface area contributed by atoms with Gasteiger partial charge in [0.25, 0.3) is 0 Å². The summed E-state index contributed by atoms with van der Waals surface area (Å²) < 4.78 is 1.64. The van der Waals surface area contributed by atoms with E-state index in [1.165, 1.54) is 11.8 Å². The second kappa shape index (κ2) is 5.77. The summed E-state index contributed by atoms with van der Waals surface area (Å²) >= 11 is 1.28. The van der Waals surface area contributed by atoms with Crippen LogP contribution in [0.3, 0.4) is 0 Å². The Morgan fingerprint density at radius 3 is 2.81 bits per heavy atom. The van der Waals surface area contributed by atoms with Crippen molar-refractivity contribution in [3.8, 4) is 0 Å². The molecule has 1 amide bonds. The average Bonchev–Trinajstić information content (AvgIpc) is 3.23. The molecule has 0 saturated heterocycles. The van der Waals surface area contributed by atoms with E-state index in [0.717, 1.165) is 24.1 Å². The number of anilines is 1. The van der Waals surface area contributed by atoms with Crippen LogP contribution in [0.15, 0.2) is 34.2 Å². The van der Waals surface area contributed by atoms with Crippen molar-refractivity contribution >= 4 is 23.4 Å². The SMILES string of the molecule is Cc1ccc(NC(=O)CSc2n[nH]c(=O)n2C2CC2)cc1. The molecule has 0 radical (unpaired) electrons. The number of aromatic nitrogens is 3. The maximum absolute atomic E-state index is 11.9. The number of hydrogen-bond acceptors (Lipinski definition) is 4. The van der Waals surface area contributed by atoms with E-state index in [1.807, 2.05) is 31.2 Å². The Hall–Kier alpha value is -2.02. The Labute approximate surface area is 125 Å². The standard InChI is InChI=1S/C14H16N4O2S/c1-9-2-4-10(5-3-9)15-12(19)8-21-14-17-16-13(20)18(14)11-6-7-11/h2-5,11H,6-8H2,1H3,(H,15,19)(H,16,20). The topological polar surface area (TPSA) is 79.8 Å². The second-order valence-corrected chi connectivity index (χ2v) is 6.06. The van der Waals surface area contributed by atoms with Crippen LogP contribution >= 0.6 is 11.8 Å². The third-order valence-corrected chi connectivity index (χ3v) is 4.20. The number of nitrogens with one attached hydrogen (secondary N) is 2. The van der Waals surface area contributed by atoms with Gasteiger partial charge in [0.05, 0.1) is 5.75 Å². The van der Waals surface area contributed by atoms with Gasteiger partial charge < -0.3 is 5.32 Å². The van der Waals surface area contributed by atoms with Crippen molar-refractivity contribution in [3.63, 3.8) is 0 Å². The molecular formula is C14H16N4O2S. The van der Waals surface area contributed by atoms with E-state index in [4.69, 9.17) is 0 Å². The Bertz CT molecular complexity index is 701. The van der Waals surface area contributed by atoms with E-state index < -0.39 is 0 Å². The van der Waals surface area contributed by atoms with Gasteiger partial charge in [-0.1, -0.05) is 29.5 Å². The lowest BCUT2D eigenvalue weighted by atomic mass is 10.2.